The molecule has 1 heterocycles. The van der Waals surface area contributed by atoms with E-state index in [4.69, 9.17) is 9.47 Å². The predicted octanol–water partition coefficient (Wildman–Crippen LogP) is 4.25. The van der Waals surface area contributed by atoms with Crippen LogP contribution >= 0.6 is 0 Å². The van der Waals surface area contributed by atoms with Gasteiger partial charge in [-0.2, -0.15) is 0 Å². The van der Waals surface area contributed by atoms with Gasteiger partial charge in [-0.1, -0.05) is 38.0 Å². The number of rotatable bonds is 12. The second kappa shape index (κ2) is 12.5. The molecule has 0 bridgehead atoms. The van der Waals surface area contributed by atoms with Crippen LogP contribution in [0.25, 0.3) is 0 Å². The summed E-state index contributed by atoms with van der Waals surface area (Å²) in [6, 6.07) is 10.9. The maximum absolute atomic E-state index is 12.0. The van der Waals surface area contributed by atoms with Crippen molar-refractivity contribution in [3.05, 3.63) is 60.0 Å². The van der Waals surface area contributed by atoms with E-state index in [9.17, 15) is 9.90 Å². The summed E-state index contributed by atoms with van der Waals surface area (Å²) in [4.78, 5) is 16.2. The van der Waals surface area contributed by atoms with Crippen LogP contribution in [0.15, 0.2) is 54.4 Å². The van der Waals surface area contributed by atoms with Crippen molar-refractivity contribution in [2.45, 2.75) is 46.3 Å². The highest BCUT2D eigenvalue weighted by atomic mass is 16.5. The molecule has 7 nitrogen and oxygen atoms in total. The van der Waals surface area contributed by atoms with Gasteiger partial charge in [0.2, 0.25) is 0 Å². The molecule has 1 atom stereocenters. The largest absolute Gasteiger partial charge is 0.494 e. The first-order valence-electron chi connectivity index (χ1n) is 10.2. The standard InChI is InChI=1S/C23H31N3O4/c1-4-6-7-19(5-2)29-15-22(27)25-18-10-13-21(24-14-18)26-23(28)16-30-20-11-8-17(3)9-12-20/h7-14,22,25,27H,4-6,15-16H2,1-3H3,(H,24,26,28)/b19-7+. The smallest absolute Gasteiger partial charge is 0.263 e. The molecule has 2 aromatic rings. The Balaban J connectivity index is 1.75. The lowest BCUT2D eigenvalue weighted by Crippen LogP contribution is -2.25. The number of aliphatic hydroxyl groups excluding tert-OH is 1. The molecule has 0 saturated carbocycles. The van der Waals surface area contributed by atoms with Crippen molar-refractivity contribution in [1.29, 1.82) is 0 Å². The Morgan fingerprint density at radius 2 is 1.97 bits per heavy atom. The number of hydrogen-bond donors (Lipinski definition) is 3. The second-order valence-electron chi connectivity index (χ2n) is 6.87. The van der Waals surface area contributed by atoms with E-state index >= 15 is 0 Å². The minimum Gasteiger partial charge on any atom is -0.494 e. The first-order valence-corrected chi connectivity index (χ1v) is 10.2. The van der Waals surface area contributed by atoms with E-state index in [1.807, 2.05) is 44.2 Å². The number of nitrogens with one attached hydrogen (secondary N) is 2. The van der Waals surface area contributed by atoms with Gasteiger partial charge in [-0.25, -0.2) is 4.98 Å². The van der Waals surface area contributed by atoms with E-state index in [0.717, 1.165) is 30.6 Å². The number of aryl methyl sites for hydroxylation is 1. The number of nitrogens with zero attached hydrogens (tertiary/aromatic N) is 1. The van der Waals surface area contributed by atoms with E-state index in [2.05, 4.69) is 22.5 Å². The number of aromatic nitrogens is 1. The van der Waals surface area contributed by atoms with Crippen molar-refractivity contribution in [3.63, 3.8) is 0 Å². The van der Waals surface area contributed by atoms with Gasteiger partial charge in [0.1, 0.15) is 18.2 Å². The van der Waals surface area contributed by atoms with E-state index in [1.165, 1.54) is 6.20 Å². The average molecular weight is 414 g/mol. The van der Waals surface area contributed by atoms with Gasteiger partial charge in [0.25, 0.3) is 5.91 Å². The number of hydrogen-bond acceptors (Lipinski definition) is 6. The molecule has 0 aliphatic heterocycles. The highest BCUT2D eigenvalue weighted by Gasteiger charge is 2.08. The van der Waals surface area contributed by atoms with Gasteiger partial charge in [0, 0.05) is 6.42 Å². The third-order valence-corrected chi connectivity index (χ3v) is 4.19. The van der Waals surface area contributed by atoms with Crippen LogP contribution in [0, 0.1) is 6.92 Å². The molecular formula is C23H31N3O4. The normalized spacial score (nSPS) is 12.2. The van der Waals surface area contributed by atoms with Gasteiger partial charge in [-0.15, -0.1) is 0 Å². The first kappa shape index (κ1) is 23.2. The number of aliphatic hydroxyl groups is 1. The number of ether oxygens (including phenoxy) is 2. The van der Waals surface area contributed by atoms with Gasteiger partial charge < -0.3 is 25.2 Å². The van der Waals surface area contributed by atoms with Crippen LogP contribution in [0.1, 0.15) is 38.7 Å². The molecule has 1 amide bonds. The quantitative estimate of drug-likeness (QED) is 0.356. The second-order valence-corrected chi connectivity index (χ2v) is 6.87. The van der Waals surface area contributed by atoms with Gasteiger partial charge in [0.15, 0.2) is 12.8 Å². The Labute approximate surface area is 178 Å². The van der Waals surface area contributed by atoms with Gasteiger partial charge >= 0.3 is 0 Å². The van der Waals surface area contributed by atoms with Crippen LogP contribution in [-0.2, 0) is 9.53 Å². The molecule has 30 heavy (non-hydrogen) atoms. The summed E-state index contributed by atoms with van der Waals surface area (Å²) in [5.74, 6) is 1.61. The van der Waals surface area contributed by atoms with Crippen molar-refractivity contribution in [3.8, 4) is 5.75 Å². The Hall–Kier alpha value is -3.06. The van der Waals surface area contributed by atoms with Crippen LogP contribution in [0.4, 0.5) is 11.5 Å². The van der Waals surface area contributed by atoms with Gasteiger partial charge in [0.05, 0.1) is 17.6 Å². The molecule has 0 aliphatic carbocycles. The SMILES string of the molecule is CCC/C=C(\CC)OCC(O)Nc1ccc(NC(=O)COc2ccc(C)cc2)nc1. The molecule has 162 valence electrons. The minimum absolute atomic E-state index is 0.105. The third kappa shape index (κ3) is 8.53. The fourth-order valence-electron chi connectivity index (χ4n) is 2.55. The number of unbranched alkanes of at least 4 members (excludes halogenated alkanes) is 1. The third-order valence-electron chi connectivity index (χ3n) is 4.19. The van der Waals surface area contributed by atoms with Crippen molar-refractivity contribution in [2.75, 3.05) is 23.8 Å². The minimum atomic E-state index is -0.869. The first-order chi connectivity index (χ1) is 14.5. The monoisotopic (exact) mass is 413 g/mol. The van der Waals surface area contributed by atoms with Gasteiger partial charge in [-0.3, -0.25) is 4.79 Å². The van der Waals surface area contributed by atoms with Crippen LogP contribution < -0.4 is 15.4 Å². The van der Waals surface area contributed by atoms with Crippen molar-refractivity contribution in [2.24, 2.45) is 0 Å². The summed E-state index contributed by atoms with van der Waals surface area (Å²) in [5.41, 5.74) is 1.75. The number of anilines is 2. The van der Waals surface area contributed by atoms with Crippen LogP contribution in [-0.4, -0.2) is 35.4 Å². The lowest BCUT2D eigenvalue weighted by atomic mass is 10.2. The molecule has 0 fully saturated rings. The zero-order valence-corrected chi connectivity index (χ0v) is 17.9. The number of pyridine rings is 1. The van der Waals surface area contributed by atoms with Crippen molar-refractivity contribution in [1.82, 2.24) is 4.98 Å². The summed E-state index contributed by atoms with van der Waals surface area (Å²) in [6.07, 6.45) is 5.52. The zero-order valence-electron chi connectivity index (χ0n) is 17.9. The zero-order chi connectivity index (χ0) is 21.8. The Bertz CT molecular complexity index is 804. The summed E-state index contributed by atoms with van der Waals surface area (Å²) in [6.45, 7) is 6.14. The summed E-state index contributed by atoms with van der Waals surface area (Å²) in [5, 5.41) is 15.7. The number of amides is 1. The topological polar surface area (TPSA) is 92.7 Å². The highest BCUT2D eigenvalue weighted by molar-refractivity contribution is 5.91. The Morgan fingerprint density at radius 1 is 1.20 bits per heavy atom. The summed E-state index contributed by atoms with van der Waals surface area (Å²) < 4.78 is 11.1. The molecule has 7 heteroatoms. The molecule has 1 aromatic carbocycles. The number of benzene rings is 1. The molecule has 2 rings (SSSR count). The summed E-state index contributed by atoms with van der Waals surface area (Å²) in [7, 11) is 0. The molecule has 3 N–H and O–H groups in total. The van der Waals surface area contributed by atoms with Crippen LogP contribution in [0.2, 0.25) is 0 Å². The number of carbonyl (C=O) groups excluding carboxylic acids is 1. The molecule has 0 saturated heterocycles. The van der Waals surface area contributed by atoms with Crippen LogP contribution in [0.3, 0.4) is 0 Å². The molecule has 0 radical (unpaired) electrons. The molecule has 0 aliphatic rings. The van der Waals surface area contributed by atoms with Gasteiger partial charge in [-0.05, 0) is 43.7 Å². The van der Waals surface area contributed by atoms with Crippen molar-refractivity contribution >= 4 is 17.4 Å². The Morgan fingerprint density at radius 3 is 2.60 bits per heavy atom. The predicted molar refractivity (Wildman–Crippen MR) is 118 cm³/mol. The maximum Gasteiger partial charge on any atom is 0.263 e. The Kier molecular flexibility index (Phi) is 9.67. The number of carbonyl (C=O) groups is 1. The molecule has 1 unspecified atom stereocenters. The number of allylic oxidation sites excluding steroid dienone is 2. The lowest BCUT2D eigenvalue weighted by Gasteiger charge is -2.16. The van der Waals surface area contributed by atoms with Crippen molar-refractivity contribution < 1.29 is 19.4 Å². The summed E-state index contributed by atoms with van der Waals surface area (Å²) >= 11 is 0. The maximum atomic E-state index is 12.0. The average Bonchev–Trinajstić information content (AvgIpc) is 2.75. The fraction of sp³-hybridized carbons (Fsp3) is 0.391. The van der Waals surface area contributed by atoms with E-state index < -0.39 is 6.23 Å². The van der Waals surface area contributed by atoms with E-state index in [-0.39, 0.29) is 19.1 Å². The molecule has 1 aromatic heterocycles. The lowest BCUT2D eigenvalue weighted by molar-refractivity contribution is -0.118. The molecular weight excluding hydrogens is 382 g/mol. The highest BCUT2D eigenvalue weighted by Crippen LogP contribution is 2.13. The fourth-order valence-corrected chi connectivity index (χ4v) is 2.55. The van der Waals surface area contributed by atoms with E-state index in [1.54, 1.807) is 12.1 Å². The van der Waals surface area contributed by atoms with Crippen LogP contribution in [0.5, 0.6) is 5.75 Å². The molecule has 0 spiro atoms. The van der Waals surface area contributed by atoms with E-state index in [0.29, 0.717) is 17.3 Å².